The first-order valence-electron chi connectivity index (χ1n) is 9.29. The number of primary sulfonamides is 1. The minimum atomic E-state index is -3.72. The van der Waals surface area contributed by atoms with Crippen molar-refractivity contribution in [3.05, 3.63) is 24.3 Å². The first-order chi connectivity index (χ1) is 12.7. The van der Waals surface area contributed by atoms with Gasteiger partial charge >= 0.3 is 5.97 Å². The van der Waals surface area contributed by atoms with Crippen LogP contribution in [0.1, 0.15) is 38.5 Å². The molecule has 0 aliphatic heterocycles. The van der Waals surface area contributed by atoms with E-state index >= 15 is 0 Å². The highest BCUT2D eigenvalue weighted by atomic mass is 35.5. The van der Waals surface area contributed by atoms with Crippen molar-refractivity contribution in [2.75, 3.05) is 13.2 Å². The maximum atomic E-state index is 12.8. The minimum Gasteiger partial charge on any atom is -0.490 e. The van der Waals surface area contributed by atoms with Gasteiger partial charge in [-0.05, 0) is 74.6 Å². The Hall–Kier alpha value is -1.31. The number of carbonyl (C=O) groups is 1. The number of hydrogen-bond donors (Lipinski definition) is 1. The highest BCUT2D eigenvalue weighted by molar-refractivity contribution is 7.89. The minimum absolute atomic E-state index is 0.0260. The van der Waals surface area contributed by atoms with E-state index in [4.69, 9.17) is 26.2 Å². The number of benzene rings is 1. The van der Waals surface area contributed by atoms with E-state index in [2.05, 4.69) is 0 Å². The monoisotopic (exact) mass is 413 g/mol. The second kappa shape index (κ2) is 6.64. The third-order valence-electron chi connectivity index (χ3n) is 6.16. The molecule has 6 nitrogen and oxygen atoms in total. The average molecular weight is 414 g/mol. The maximum Gasteiger partial charge on any atom is 0.312 e. The third kappa shape index (κ3) is 3.82. The molecule has 0 spiro atoms. The molecule has 0 radical (unpaired) electrons. The Balaban J connectivity index is 1.29. The van der Waals surface area contributed by atoms with E-state index in [0.717, 1.165) is 32.1 Å². The number of ether oxygens (including phenoxy) is 2. The predicted molar refractivity (Wildman–Crippen MR) is 100.0 cm³/mol. The predicted octanol–water partition coefficient (Wildman–Crippen LogP) is 2.83. The summed E-state index contributed by atoms with van der Waals surface area (Å²) in [5, 5.41) is 5.06. The molecule has 1 aromatic rings. The topological polar surface area (TPSA) is 95.7 Å². The largest absolute Gasteiger partial charge is 0.490 e. The summed E-state index contributed by atoms with van der Waals surface area (Å²) in [6.45, 7) is 0.359. The highest BCUT2D eigenvalue weighted by Gasteiger charge is 2.60. The zero-order valence-electron chi connectivity index (χ0n) is 15.0. The fourth-order valence-electron chi connectivity index (χ4n) is 5.56. The van der Waals surface area contributed by atoms with Gasteiger partial charge in [-0.2, -0.15) is 0 Å². The van der Waals surface area contributed by atoms with Crippen LogP contribution in [0, 0.1) is 17.3 Å². The second-order valence-corrected chi connectivity index (χ2v) is 10.8. The van der Waals surface area contributed by atoms with Crippen molar-refractivity contribution in [3.8, 4) is 5.75 Å². The van der Waals surface area contributed by atoms with Crippen LogP contribution in [0.5, 0.6) is 5.75 Å². The van der Waals surface area contributed by atoms with Crippen LogP contribution >= 0.6 is 11.6 Å². The van der Waals surface area contributed by atoms with Crippen molar-refractivity contribution in [2.24, 2.45) is 22.4 Å². The molecule has 0 heterocycles. The summed E-state index contributed by atoms with van der Waals surface area (Å²) in [6.07, 6.45) is 5.76. The number of hydrogen-bond acceptors (Lipinski definition) is 5. The quantitative estimate of drug-likeness (QED) is 0.439. The summed E-state index contributed by atoms with van der Waals surface area (Å²) in [6, 6.07) is 5.81. The fraction of sp³-hybridized carbons (Fsp3) is 0.632. The SMILES string of the molecule is NS(=O)(=O)c1ccc(OCCOC(=O)C23CC4CC(CC(Cl)(C4)C2)C3)cc1. The van der Waals surface area contributed by atoms with Crippen LogP contribution in [0.2, 0.25) is 0 Å². The molecule has 4 saturated carbocycles. The molecule has 5 rings (SSSR count). The molecule has 4 fully saturated rings. The summed E-state index contributed by atoms with van der Waals surface area (Å²) < 4.78 is 33.5. The van der Waals surface area contributed by atoms with Gasteiger partial charge in [-0.1, -0.05) is 0 Å². The summed E-state index contributed by atoms with van der Waals surface area (Å²) in [5.74, 6) is 1.44. The molecule has 4 bridgehead atoms. The number of halogens is 1. The number of nitrogens with two attached hydrogens (primary N) is 1. The molecule has 0 saturated heterocycles. The van der Waals surface area contributed by atoms with E-state index in [-0.39, 0.29) is 29.0 Å². The van der Waals surface area contributed by atoms with Crippen molar-refractivity contribution in [1.29, 1.82) is 0 Å². The Morgan fingerprint density at radius 2 is 1.74 bits per heavy atom. The van der Waals surface area contributed by atoms with Gasteiger partial charge in [0.15, 0.2) is 0 Å². The van der Waals surface area contributed by atoms with Crippen LogP contribution in [0.3, 0.4) is 0 Å². The fourth-order valence-corrected chi connectivity index (χ4v) is 6.77. The number of sulfonamides is 1. The van der Waals surface area contributed by atoms with Crippen molar-refractivity contribution >= 4 is 27.6 Å². The zero-order valence-corrected chi connectivity index (χ0v) is 16.6. The maximum absolute atomic E-state index is 12.8. The van der Waals surface area contributed by atoms with Gasteiger partial charge in [-0.3, -0.25) is 4.79 Å². The van der Waals surface area contributed by atoms with Gasteiger partial charge < -0.3 is 9.47 Å². The van der Waals surface area contributed by atoms with Crippen molar-refractivity contribution < 1.29 is 22.7 Å². The molecule has 8 heteroatoms. The van der Waals surface area contributed by atoms with Crippen LogP contribution in [0.25, 0.3) is 0 Å². The molecule has 27 heavy (non-hydrogen) atoms. The van der Waals surface area contributed by atoms with Crippen LogP contribution in [0.15, 0.2) is 29.2 Å². The van der Waals surface area contributed by atoms with Gasteiger partial charge in [0.05, 0.1) is 10.3 Å². The van der Waals surface area contributed by atoms with E-state index in [9.17, 15) is 13.2 Å². The van der Waals surface area contributed by atoms with Crippen molar-refractivity contribution in [3.63, 3.8) is 0 Å². The van der Waals surface area contributed by atoms with E-state index in [1.54, 1.807) is 0 Å². The molecule has 0 amide bonds. The average Bonchev–Trinajstić information content (AvgIpc) is 2.56. The van der Waals surface area contributed by atoms with Crippen LogP contribution in [-0.2, 0) is 19.6 Å². The first-order valence-corrected chi connectivity index (χ1v) is 11.2. The van der Waals surface area contributed by atoms with Crippen LogP contribution < -0.4 is 9.88 Å². The molecule has 4 aliphatic rings. The van der Waals surface area contributed by atoms with E-state index < -0.39 is 15.4 Å². The standard InChI is InChI=1S/C19H24ClNO5S/c20-19-10-13-7-14(11-19)9-18(8-13,12-19)17(22)26-6-5-25-15-1-3-16(4-2-15)27(21,23)24/h1-4,13-14H,5-12H2,(H2,21,23,24). The van der Waals surface area contributed by atoms with E-state index in [1.807, 2.05) is 0 Å². The van der Waals surface area contributed by atoms with Gasteiger partial charge in [0, 0.05) is 4.87 Å². The molecule has 0 aromatic heterocycles. The summed E-state index contributed by atoms with van der Waals surface area (Å²) in [7, 11) is -3.72. The molecular weight excluding hydrogens is 390 g/mol. The molecule has 2 unspecified atom stereocenters. The summed E-state index contributed by atoms with van der Waals surface area (Å²) in [5.41, 5.74) is -0.414. The Morgan fingerprint density at radius 3 is 2.30 bits per heavy atom. The van der Waals surface area contributed by atoms with E-state index in [1.165, 1.54) is 30.7 Å². The molecule has 148 valence electrons. The lowest BCUT2D eigenvalue weighted by Crippen LogP contribution is -2.56. The Morgan fingerprint density at radius 1 is 1.11 bits per heavy atom. The lowest BCUT2D eigenvalue weighted by molar-refractivity contribution is -0.170. The lowest BCUT2D eigenvalue weighted by atomic mass is 9.49. The van der Waals surface area contributed by atoms with Gasteiger partial charge in [0.25, 0.3) is 0 Å². The van der Waals surface area contributed by atoms with Crippen LogP contribution in [-0.4, -0.2) is 32.5 Å². The molecule has 2 N–H and O–H groups in total. The van der Waals surface area contributed by atoms with Crippen LogP contribution in [0.4, 0.5) is 0 Å². The number of rotatable bonds is 6. The van der Waals surface area contributed by atoms with Gasteiger partial charge in [-0.25, -0.2) is 13.6 Å². The van der Waals surface area contributed by atoms with Gasteiger partial charge in [0.2, 0.25) is 10.0 Å². The Labute approximate surface area is 164 Å². The molecule has 1 aromatic carbocycles. The van der Waals surface area contributed by atoms with E-state index in [0.29, 0.717) is 17.6 Å². The van der Waals surface area contributed by atoms with Gasteiger partial charge in [0.1, 0.15) is 19.0 Å². The first kappa shape index (κ1) is 19.0. The normalized spacial score (nSPS) is 34.4. The number of alkyl halides is 1. The van der Waals surface area contributed by atoms with Gasteiger partial charge in [-0.15, -0.1) is 11.6 Å². The molecule has 4 aliphatic carbocycles. The molecule has 2 atom stereocenters. The Kier molecular flexibility index (Phi) is 4.68. The van der Waals surface area contributed by atoms with Crippen molar-refractivity contribution in [1.82, 2.24) is 0 Å². The highest BCUT2D eigenvalue weighted by Crippen LogP contribution is 2.64. The smallest absolute Gasteiger partial charge is 0.312 e. The number of esters is 1. The second-order valence-electron chi connectivity index (χ2n) is 8.39. The lowest BCUT2D eigenvalue weighted by Gasteiger charge is -2.58. The summed E-state index contributed by atoms with van der Waals surface area (Å²) in [4.78, 5) is 12.6. The summed E-state index contributed by atoms with van der Waals surface area (Å²) >= 11 is 6.77. The Bertz CT molecular complexity index is 824. The number of carbonyl (C=O) groups excluding carboxylic acids is 1. The zero-order chi connectivity index (χ0) is 19.3. The molecular formula is C19H24ClNO5S. The van der Waals surface area contributed by atoms with Crippen molar-refractivity contribution in [2.45, 2.75) is 48.3 Å². The third-order valence-corrected chi connectivity index (χ3v) is 7.53.